The van der Waals surface area contributed by atoms with Gasteiger partial charge in [-0.25, -0.2) is 0 Å². The molecule has 0 aliphatic carbocycles. The lowest BCUT2D eigenvalue weighted by Gasteiger charge is -2.32. The highest BCUT2D eigenvalue weighted by Crippen LogP contribution is 2.19. The number of carbonyl (C=O) groups excluding carboxylic acids is 1. The van der Waals surface area contributed by atoms with Crippen molar-refractivity contribution in [1.82, 2.24) is 5.32 Å². The summed E-state index contributed by atoms with van der Waals surface area (Å²) in [7, 11) is 0. The molecule has 1 aromatic carbocycles. The lowest BCUT2D eigenvalue weighted by molar-refractivity contribution is -0.115. The Hall–Kier alpha value is -0.950. The molecule has 6 heteroatoms. The van der Waals surface area contributed by atoms with Gasteiger partial charge in [-0.1, -0.05) is 15.9 Å². The first-order valence-electron chi connectivity index (χ1n) is 6.64. The van der Waals surface area contributed by atoms with Crippen molar-refractivity contribution < 1.29 is 14.6 Å². The Labute approximate surface area is 126 Å². The summed E-state index contributed by atoms with van der Waals surface area (Å²) in [6, 6.07) is 7.39. The topological polar surface area (TPSA) is 70.6 Å². The van der Waals surface area contributed by atoms with E-state index in [9.17, 15) is 9.90 Å². The first-order chi connectivity index (χ1) is 9.57. The van der Waals surface area contributed by atoms with Gasteiger partial charge in [0.15, 0.2) is 0 Å². The number of amides is 1. The molecule has 2 rings (SSSR count). The number of rotatable bonds is 5. The highest BCUT2D eigenvalue weighted by atomic mass is 79.9. The molecule has 1 aliphatic heterocycles. The average Bonchev–Trinajstić information content (AvgIpc) is 2.42. The maximum atomic E-state index is 11.8. The van der Waals surface area contributed by atoms with Crippen molar-refractivity contribution in [2.24, 2.45) is 0 Å². The van der Waals surface area contributed by atoms with Gasteiger partial charge in [-0.15, -0.1) is 0 Å². The number of halogens is 1. The van der Waals surface area contributed by atoms with Crippen LogP contribution in [0.5, 0.6) is 0 Å². The van der Waals surface area contributed by atoms with Crippen LogP contribution in [0.3, 0.4) is 0 Å². The number of carbonyl (C=O) groups is 1. The van der Waals surface area contributed by atoms with Crippen molar-refractivity contribution in [2.75, 3.05) is 31.6 Å². The lowest BCUT2D eigenvalue weighted by atomic mass is 9.94. The molecule has 110 valence electrons. The number of benzene rings is 1. The molecule has 0 saturated carbocycles. The summed E-state index contributed by atoms with van der Waals surface area (Å²) in [6.45, 7) is 1.73. The second-order valence-corrected chi connectivity index (χ2v) is 5.91. The van der Waals surface area contributed by atoms with Gasteiger partial charge in [0.1, 0.15) is 0 Å². The van der Waals surface area contributed by atoms with Crippen LogP contribution < -0.4 is 10.6 Å². The summed E-state index contributed by atoms with van der Waals surface area (Å²) in [5.41, 5.74) is 0.000596. The minimum Gasteiger partial charge on any atom is -0.388 e. The van der Waals surface area contributed by atoms with Crippen molar-refractivity contribution >= 4 is 27.5 Å². The van der Waals surface area contributed by atoms with E-state index >= 15 is 0 Å². The number of nitrogens with one attached hydrogen (secondary N) is 2. The highest BCUT2D eigenvalue weighted by Gasteiger charge is 2.29. The van der Waals surface area contributed by atoms with Crippen LogP contribution >= 0.6 is 15.9 Å². The van der Waals surface area contributed by atoms with Crippen LogP contribution in [-0.2, 0) is 9.53 Å². The second-order valence-electron chi connectivity index (χ2n) is 5.00. The predicted octanol–water partition coefficient (Wildman–Crippen LogP) is 1.52. The normalized spacial score (nSPS) is 17.7. The van der Waals surface area contributed by atoms with E-state index in [1.165, 1.54) is 0 Å². The van der Waals surface area contributed by atoms with Crippen molar-refractivity contribution in [2.45, 2.75) is 18.4 Å². The van der Waals surface area contributed by atoms with Gasteiger partial charge in [0.2, 0.25) is 5.91 Å². The number of hydrogen-bond acceptors (Lipinski definition) is 4. The molecule has 20 heavy (non-hydrogen) atoms. The van der Waals surface area contributed by atoms with Gasteiger partial charge in [-0.3, -0.25) is 4.79 Å². The van der Waals surface area contributed by atoms with Crippen LogP contribution in [0.1, 0.15) is 12.8 Å². The molecule has 0 unspecified atom stereocenters. The van der Waals surface area contributed by atoms with E-state index in [0.717, 1.165) is 10.2 Å². The molecule has 1 heterocycles. The number of anilines is 1. The van der Waals surface area contributed by atoms with Crippen LogP contribution in [0.4, 0.5) is 5.69 Å². The van der Waals surface area contributed by atoms with Crippen LogP contribution in [0.25, 0.3) is 0 Å². The number of aliphatic hydroxyl groups is 1. The molecule has 1 aliphatic rings. The van der Waals surface area contributed by atoms with Crippen LogP contribution in [0.2, 0.25) is 0 Å². The molecule has 3 N–H and O–H groups in total. The molecule has 0 spiro atoms. The van der Waals surface area contributed by atoms with Crippen LogP contribution in [0.15, 0.2) is 28.7 Å². The molecule has 1 fully saturated rings. The summed E-state index contributed by atoms with van der Waals surface area (Å²) in [5, 5.41) is 16.0. The van der Waals surface area contributed by atoms with E-state index in [1.807, 2.05) is 24.3 Å². The van der Waals surface area contributed by atoms with E-state index in [4.69, 9.17) is 4.74 Å². The molecule has 1 amide bonds. The smallest absolute Gasteiger partial charge is 0.238 e. The summed E-state index contributed by atoms with van der Waals surface area (Å²) in [6.07, 6.45) is 1.21. The average molecular weight is 343 g/mol. The Morgan fingerprint density at radius 2 is 1.95 bits per heavy atom. The Morgan fingerprint density at radius 3 is 2.60 bits per heavy atom. The van der Waals surface area contributed by atoms with E-state index in [2.05, 4.69) is 26.6 Å². The summed E-state index contributed by atoms with van der Waals surface area (Å²) in [5.74, 6) is -0.122. The third-order valence-electron chi connectivity index (χ3n) is 3.29. The molecule has 0 bridgehead atoms. The van der Waals surface area contributed by atoms with Crippen LogP contribution in [0, 0.1) is 0 Å². The summed E-state index contributed by atoms with van der Waals surface area (Å²) >= 11 is 3.34. The highest BCUT2D eigenvalue weighted by molar-refractivity contribution is 9.10. The maximum absolute atomic E-state index is 11.8. The largest absolute Gasteiger partial charge is 0.388 e. The monoisotopic (exact) mass is 342 g/mol. The number of hydrogen-bond donors (Lipinski definition) is 3. The zero-order valence-corrected chi connectivity index (χ0v) is 12.8. The molecule has 0 aromatic heterocycles. The van der Waals surface area contributed by atoms with Crippen molar-refractivity contribution in [1.29, 1.82) is 0 Å². The third-order valence-corrected chi connectivity index (χ3v) is 3.82. The Bertz CT molecular complexity index is 444. The minimum atomic E-state index is -0.754. The first kappa shape index (κ1) is 15.4. The van der Waals surface area contributed by atoms with Gasteiger partial charge in [-0.2, -0.15) is 0 Å². The summed E-state index contributed by atoms with van der Waals surface area (Å²) < 4.78 is 6.18. The van der Waals surface area contributed by atoms with Gasteiger partial charge < -0.3 is 20.5 Å². The zero-order valence-electron chi connectivity index (χ0n) is 11.2. The predicted molar refractivity (Wildman–Crippen MR) is 80.6 cm³/mol. The maximum Gasteiger partial charge on any atom is 0.238 e. The fraction of sp³-hybridized carbons (Fsp3) is 0.500. The Balaban J connectivity index is 1.71. The molecule has 5 nitrogen and oxygen atoms in total. The Morgan fingerprint density at radius 1 is 1.30 bits per heavy atom. The fourth-order valence-electron chi connectivity index (χ4n) is 2.08. The van der Waals surface area contributed by atoms with Crippen molar-refractivity contribution in [3.63, 3.8) is 0 Å². The SMILES string of the molecule is O=C(CNCC1(O)CCOCC1)Nc1ccc(Br)cc1. The molecule has 0 atom stereocenters. The van der Waals surface area contributed by atoms with Crippen molar-refractivity contribution in [3.8, 4) is 0 Å². The van der Waals surface area contributed by atoms with Gasteiger partial charge in [0.25, 0.3) is 0 Å². The second kappa shape index (κ2) is 7.17. The van der Waals surface area contributed by atoms with Gasteiger partial charge in [0, 0.05) is 42.8 Å². The fourth-order valence-corrected chi connectivity index (χ4v) is 2.34. The molecule has 0 radical (unpaired) electrons. The summed E-state index contributed by atoms with van der Waals surface area (Å²) in [4.78, 5) is 11.8. The van der Waals surface area contributed by atoms with E-state index in [0.29, 0.717) is 32.6 Å². The first-order valence-corrected chi connectivity index (χ1v) is 7.43. The number of ether oxygens (including phenoxy) is 1. The van der Waals surface area contributed by atoms with Crippen molar-refractivity contribution in [3.05, 3.63) is 28.7 Å². The van der Waals surface area contributed by atoms with Gasteiger partial charge >= 0.3 is 0 Å². The molecule has 1 aromatic rings. The molecular formula is C14H19BrN2O3. The lowest BCUT2D eigenvalue weighted by Crippen LogP contribution is -2.46. The zero-order chi connectivity index (χ0) is 14.4. The molecule has 1 saturated heterocycles. The minimum absolute atomic E-state index is 0.122. The van der Waals surface area contributed by atoms with E-state index < -0.39 is 5.60 Å². The standard InChI is InChI=1S/C14H19BrN2O3/c15-11-1-3-12(4-2-11)17-13(18)9-16-10-14(19)5-7-20-8-6-14/h1-4,16,19H,5-10H2,(H,17,18). The van der Waals surface area contributed by atoms with E-state index in [-0.39, 0.29) is 12.5 Å². The third kappa shape index (κ3) is 4.86. The Kier molecular flexibility index (Phi) is 5.54. The van der Waals surface area contributed by atoms with Gasteiger partial charge in [-0.05, 0) is 24.3 Å². The van der Waals surface area contributed by atoms with Gasteiger partial charge in [0.05, 0.1) is 12.1 Å². The quantitative estimate of drug-likeness (QED) is 0.758. The van der Waals surface area contributed by atoms with E-state index in [1.54, 1.807) is 0 Å². The van der Waals surface area contributed by atoms with Crippen LogP contribution in [-0.4, -0.2) is 42.9 Å². The molecular weight excluding hydrogens is 324 g/mol.